The largest absolute Gasteiger partial charge is 0.487 e. The second-order valence-electron chi connectivity index (χ2n) is 9.14. The molecular formula is C25H32N2O2. The highest BCUT2D eigenvalue weighted by molar-refractivity contribution is 5.79. The van der Waals surface area contributed by atoms with Gasteiger partial charge in [-0.25, -0.2) is 0 Å². The molecule has 2 aromatic carbocycles. The SMILES string of the molecule is Cc1ccccc1CN1CCC(C(=O)N[C@H]2CC(C)(C)Oc3ccccc32)CC1. The van der Waals surface area contributed by atoms with Crippen molar-refractivity contribution in [3.05, 3.63) is 65.2 Å². The Morgan fingerprint density at radius 1 is 1.10 bits per heavy atom. The molecule has 2 aliphatic rings. The number of ether oxygens (including phenoxy) is 1. The van der Waals surface area contributed by atoms with Gasteiger partial charge in [0, 0.05) is 24.4 Å². The van der Waals surface area contributed by atoms with Gasteiger partial charge in [-0.3, -0.25) is 9.69 Å². The fraction of sp³-hybridized carbons (Fsp3) is 0.480. The topological polar surface area (TPSA) is 41.6 Å². The Bertz CT molecular complexity index is 869. The van der Waals surface area contributed by atoms with Gasteiger partial charge >= 0.3 is 0 Å². The molecule has 0 unspecified atom stereocenters. The van der Waals surface area contributed by atoms with E-state index in [4.69, 9.17) is 4.74 Å². The normalized spacial score (nSPS) is 21.8. The first-order valence-electron chi connectivity index (χ1n) is 10.8. The number of benzene rings is 2. The Morgan fingerprint density at radius 2 is 1.79 bits per heavy atom. The lowest BCUT2D eigenvalue weighted by Crippen LogP contribution is -2.45. The second-order valence-corrected chi connectivity index (χ2v) is 9.14. The van der Waals surface area contributed by atoms with Crippen molar-refractivity contribution < 1.29 is 9.53 Å². The van der Waals surface area contributed by atoms with Crippen LogP contribution in [0.2, 0.25) is 0 Å². The van der Waals surface area contributed by atoms with E-state index in [1.54, 1.807) is 0 Å². The van der Waals surface area contributed by atoms with E-state index in [1.807, 2.05) is 18.2 Å². The molecule has 4 rings (SSSR count). The summed E-state index contributed by atoms with van der Waals surface area (Å²) in [6, 6.07) is 16.7. The van der Waals surface area contributed by atoms with Crippen LogP contribution >= 0.6 is 0 Å². The van der Waals surface area contributed by atoms with Crippen molar-refractivity contribution in [2.45, 2.75) is 58.2 Å². The Morgan fingerprint density at radius 3 is 2.55 bits per heavy atom. The highest BCUT2D eigenvalue weighted by Crippen LogP contribution is 2.39. The zero-order valence-corrected chi connectivity index (χ0v) is 17.8. The molecule has 0 radical (unpaired) electrons. The van der Waals surface area contributed by atoms with E-state index in [2.05, 4.69) is 61.3 Å². The molecule has 0 aliphatic carbocycles. The lowest BCUT2D eigenvalue weighted by atomic mass is 9.88. The summed E-state index contributed by atoms with van der Waals surface area (Å²) in [4.78, 5) is 15.5. The summed E-state index contributed by atoms with van der Waals surface area (Å²) >= 11 is 0. The molecule has 1 amide bonds. The monoisotopic (exact) mass is 392 g/mol. The molecule has 2 heterocycles. The van der Waals surface area contributed by atoms with Crippen molar-refractivity contribution in [2.75, 3.05) is 13.1 Å². The van der Waals surface area contributed by atoms with Gasteiger partial charge < -0.3 is 10.1 Å². The summed E-state index contributed by atoms with van der Waals surface area (Å²) in [6.45, 7) is 9.27. The minimum absolute atomic E-state index is 0.0208. The number of para-hydroxylation sites is 1. The van der Waals surface area contributed by atoms with Crippen LogP contribution in [0.5, 0.6) is 5.75 Å². The third-order valence-corrected chi connectivity index (χ3v) is 6.31. The van der Waals surface area contributed by atoms with Crippen LogP contribution in [0.3, 0.4) is 0 Å². The Balaban J connectivity index is 1.35. The van der Waals surface area contributed by atoms with Crippen LogP contribution in [0.25, 0.3) is 0 Å². The van der Waals surface area contributed by atoms with Crippen LogP contribution in [0.15, 0.2) is 48.5 Å². The van der Waals surface area contributed by atoms with Gasteiger partial charge in [0.15, 0.2) is 0 Å². The minimum Gasteiger partial charge on any atom is -0.487 e. The zero-order valence-electron chi connectivity index (χ0n) is 17.8. The number of nitrogens with one attached hydrogen (secondary N) is 1. The molecule has 2 aromatic rings. The maximum atomic E-state index is 13.0. The van der Waals surface area contributed by atoms with Gasteiger partial charge in [-0.1, -0.05) is 42.5 Å². The van der Waals surface area contributed by atoms with Crippen LogP contribution < -0.4 is 10.1 Å². The number of amides is 1. The average Bonchev–Trinajstić information content (AvgIpc) is 2.69. The lowest BCUT2D eigenvalue weighted by molar-refractivity contribution is -0.127. The van der Waals surface area contributed by atoms with Crippen molar-refractivity contribution in [3.8, 4) is 5.75 Å². The molecule has 4 heteroatoms. The number of likely N-dealkylation sites (tertiary alicyclic amines) is 1. The van der Waals surface area contributed by atoms with Crippen molar-refractivity contribution in [2.24, 2.45) is 5.92 Å². The van der Waals surface area contributed by atoms with Crippen LogP contribution in [-0.2, 0) is 11.3 Å². The summed E-state index contributed by atoms with van der Waals surface area (Å²) in [7, 11) is 0. The number of nitrogens with zero attached hydrogens (tertiary/aromatic N) is 1. The fourth-order valence-electron chi connectivity index (χ4n) is 4.60. The van der Waals surface area contributed by atoms with E-state index in [0.29, 0.717) is 0 Å². The Kier molecular flexibility index (Phi) is 5.64. The number of hydrogen-bond acceptors (Lipinski definition) is 3. The van der Waals surface area contributed by atoms with Crippen LogP contribution in [0.4, 0.5) is 0 Å². The predicted molar refractivity (Wildman–Crippen MR) is 116 cm³/mol. The van der Waals surface area contributed by atoms with Gasteiger partial charge in [-0.15, -0.1) is 0 Å². The van der Waals surface area contributed by atoms with E-state index < -0.39 is 0 Å². The number of fused-ring (bicyclic) bond motifs is 1. The van der Waals surface area contributed by atoms with Gasteiger partial charge in [0.1, 0.15) is 11.4 Å². The number of carbonyl (C=O) groups is 1. The number of aryl methyl sites for hydroxylation is 1. The average molecular weight is 393 g/mol. The first kappa shape index (κ1) is 20.0. The highest BCUT2D eigenvalue weighted by Gasteiger charge is 2.35. The van der Waals surface area contributed by atoms with E-state index in [1.165, 1.54) is 11.1 Å². The molecule has 0 saturated carbocycles. The number of piperidine rings is 1. The molecule has 0 spiro atoms. The summed E-state index contributed by atoms with van der Waals surface area (Å²) in [5.74, 6) is 1.18. The summed E-state index contributed by atoms with van der Waals surface area (Å²) in [6.07, 6.45) is 2.64. The Hall–Kier alpha value is -2.33. The Labute approximate surface area is 174 Å². The first-order chi connectivity index (χ1) is 13.9. The molecule has 154 valence electrons. The number of carbonyl (C=O) groups excluding carboxylic acids is 1. The molecule has 29 heavy (non-hydrogen) atoms. The molecule has 1 saturated heterocycles. The second kappa shape index (κ2) is 8.19. The van der Waals surface area contributed by atoms with Crippen LogP contribution in [0.1, 0.15) is 55.8 Å². The molecule has 1 N–H and O–H groups in total. The third kappa shape index (κ3) is 4.64. The zero-order chi connectivity index (χ0) is 20.4. The van der Waals surface area contributed by atoms with Gasteiger partial charge in [-0.2, -0.15) is 0 Å². The minimum atomic E-state index is -0.275. The lowest BCUT2D eigenvalue weighted by Gasteiger charge is -2.39. The summed E-state index contributed by atoms with van der Waals surface area (Å²) < 4.78 is 6.10. The molecular weight excluding hydrogens is 360 g/mol. The van der Waals surface area contributed by atoms with Crippen molar-refractivity contribution in [1.82, 2.24) is 10.2 Å². The fourth-order valence-corrected chi connectivity index (χ4v) is 4.60. The van der Waals surface area contributed by atoms with Crippen LogP contribution in [0, 0.1) is 12.8 Å². The van der Waals surface area contributed by atoms with Crippen molar-refractivity contribution in [3.63, 3.8) is 0 Å². The molecule has 2 aliphatic heterocycles. The van der Waals surface area contributed by atoms with Gasteiger partial charge in [-0.05, 0) is 63.9 Å². The van der Waals surface area contributed by atoms with E-state index >= 15 is 0 Å². The molecule has 0 bridgehead atoms. The summed E-state index contributed by atoms with van der Waals surface area (Å²) in [5, 5.41) is 3.34. The van der Waals surface area contributed by atoms with Gasteiger partial charge in [0.25, 0.3) is 0 Å². The quantitative estimate of drug-likeness (QED) is 0.825. The van der Waals surface area contributed by atoms with E-state index in [9.17, 15) is 4.79 Å². The summed E-state index contributed by atoms with van der Waals surface area (Å²) in [5.41, 5.74) is 3.55. The van der Waals surface area contributed by atoms with Crippen LogP contribution in [-0.4, -0.2) is 29.5 Å². The smallest absolute Gasteiger partial charge is 0.223 e. The first-order valence-corrected chi connectivity index (χ1v) is 10.8. The molecule has 1 fully saturated rings. The number of hydrogen-bond donors (Lipinski definition) is 1. The maximum Gasteiger partial charge on any atom is 0.223 e. The van der Waals surface area contributed by atoms with E-state index in [0.717, 1.165) is 50.2 Å². The van der Waals surface area contributed by atoms with Gasteiger partial charge in [0.2, 0.25) is 5.91 Å². The highest BCUT2D eigenvalue weighted by atomic mass is 16.5. The maximum absolute atomic E-state index is 13.0. The van der Waals surface area contributed by atoms with E-state index in [-0.39, 0.29) is 23.5 Å². The molecule has 1 atom stereocenters. The molecule has 0 aromatic heterocycles. The van der Waals surface area contributed by atoms with Crippen molar-refractivity contribution >= 4 is 5.91 Å². The molecule has 4 nitrogen and oxygen atoms in total. The predicted octanol–water partition coefficient (Wildman–Crippen LogP) is 4.63. The standard InChI is InChI=1S/C25H32N2O2/c1-18-8-4-5-9-20(18)17-27-14-12-19(13-15-27)24(28)26-22-16-25(2,3)29-23-11-7-6-10-21(22)23/h4-11,19,22H,12-17H2,1-3H3,(H,26,28)/t22-/m0/s1. The van der Waals surface area contributed by atoms with Crippen molar-refractivity contribution in [1.29, 1.82) is 0 Å². The number of rotatable bonds is 4. The third-order valence-electron chi connectivity index (χ3n) is 6.31. The van der Waals surface area contributed by atoms with Gasteiger partial charge in [0.05, 0.1) is 6.04 Å².